The first-order chi connectivity index (χ1) is 25.6. The number of hydroxylamine groups is 3. The number of amides is 1. The SMILES string of the molecule is CNOC.CO.COC(=O)Cc1ccc(F)cc1.CON(C)C(=O)Cc1ccc(F)cc1.Cl.O=C(Cl)Cc1ccc(F)cc1.O=C(O)Cc1ccc(F)cc1. The number of hydrogen-bond donors (Lipinski definition) is 3. The van der Waals surface area contributed by atoms with Crippen LogP contribution < -0.4 is 5.48 Å². The van der Waals surface area contributed by atoms with Crippen LogP contribution in [-0.2, 0) is 59.3 Å². The van der Waals surface area contributed by atoms with Crippen molar-refractivity contribution in [3.63, 3.8) is 0 Å². The van der Waals surface area contributed by atoms with Crippen molar-refractivity contribution in [2.45, 2.75) is 25.7 Å². The van der Waals surface area contributed by atoms with Crippen LogP contribution in [0.2, 0.25) is 0 Å². The molecule has 11 nitrogen and oxygen atoms in total. The molecule has 0 atom stereocenters. The van der Waals surface area contributed by atoms with Gasteiger partial charge < -0.3 is 19.8 Å². The molecule has 0 unspecified atom stereocenters. The predicted octanol–water partition coefficient (Wildman–Crippen LogP) is 6.31. The Hall–Kier alpha value is -4.90. The number of aliphatic carboxylic acids is 1. The number of carboxylic acids is 1. The molecule has 0 aliphatic heterocycles. The summed E-state index contributed by atoms with van der Waals surface area (Å²) in [5.74, 6) is -2.66. The topological polar surface area (TPSA) is 152 Å². The molecule has 4 aromatic carbocycles. The smallest absolute Gasteiger partial charge is 0.309 e. The zero-order valence-corrected chi connectivity index (χ0v) is 32.6. The summed E-state index contributed by atoms with van der Waals surface area (Å²) in [6.07, 6.45) is 0.503. The Morgan fingerprint density at radius 2 is 0.909 bits per heavy atom. The highest BCUT2D eigenvalue weighted by molar-refractivity contribution is 6.63. The highest BCUT2D eigenvalue weighted by atomic mass is 35.5. The van der Waals surface area contributed by atoms with Gasteiger partial charge in [-0.15, -0.1) is 12.4 Å². The molecule has 0 aliphatic rings. The molecule has 0 spiro atoms. The first kappa shape index (κ1) is 54.4. The number of carboxylic acid groups (broad SMARTS) is 1. The molecular formula is C38H46Cl2F4N2O9. The van der Waals surface area contributed by atoms with E-state index in [4.69, 9.17) is 26.7 Å². The number of ether oxygens (including phenoxy) is 1. The highest BCUT2D eigenvalue weighted by Crippen LogP contribution is 2.07. The molecule has 0 aromatic heterocycles. The molecular weight excluding hydrogens is 775 g/mol. The second kappa shape index (κ2) is 33.7. The molecule has 0 heterocycles. The molecule has 17 heteroatoms. The molecule has 0 bridgehead atoms. The Labute approximate surface area is 329 Å². The maximum atomic E-state index is 12.5. The average molecular weight is 822 g/mol. The van der Waals surface area contributed by atoms with Gasteiger partial charge >= 0.3 is 11.9 Å². The second-order valence-corrected chi connectivity index (χ2v) is 10.4. The van der Waals surface area contributed by atoms with Crippen molar-refractivity contribution < 1.29 is 61.4 Å². The molecule has 4 aromatic rings. The minimum Gasteiger partial charge on any atom is -0.481 e. The average Bonchev–Trinajstić information content (AvgIpc) is 3.16. The zero-order chi connectivity index (χ0) is 41.5. The summed E-state index contributed by atoms with van der Waals surface area (Å²) in [5, 5.41) is 16.1. The standard InChI is InChI=1S/C10H12FNO2.C9H9FO2.C8H6ClFO.C8H7FO2.C2H7NO.CH4O.ClH/c1-12(14-2)10(13)7-8-3-5-9(11)6-4-8;1-12-9(11)6-7-2-4-8(10)5-3-7;9-8(11)5-6-1-3-7(10)4-2-6;9-7-3-1-6(2-4-7)5-8(10)11;1-3-4-2;1-2;/h3-6H,7H2,1-2H3;2-5H,6H2,1H3;1-4H,5H2;1-4H,5H2,(H,10,11);3H,1-2H3;2H,1H3;1H. The Bertz CT molecular complexity index is 1560. The Balaban J connectivity index is -0.000000623. The number of methoxy groups -OCH3 is 1. The van der Waals surface area contributed by atoms with Crippen LogP contribution in [0.1, 0.15) is 22.3 Å². The minimum absolute atomic E-state index is 0. The maximum Gasteiger partial charge on any atom is 0.309 e. The number of rotatable bonds is 10. The molecule has 1 amide bonds. The summed E-state index contributed by atoms with van der Waals surface area (Å²) >= 11 is 5.12. The van der Waals surface area contributed by atoms with E-state index in [2.05, 4.69) is 15.1 Å². The summed E-state index contributed by atoms with van der Waals surface area (Å²) in [4.78, 5) is 51.6. The highest BCUT2D eigenvalue weighted by Gasteiger charge is 2.08. The van der Waals surface area contributed by atoms with Gasteiger partial charge in [0, 0.05) is 27.6 Å². The molecule has 0 saturated heterocycles. The summed E-state index contributed by atoms with van der Waals surface area (Å²) < 4.78 is 54.0. The van der Waals surface area contributed by atoms with Crippen LogP contribution in [0.15, 0.2) is 97.1 Å². The van der Waals surface area contributed by atoms with Gasteiger partial charge in [0.1, 0.15) is 23.3 Å². The van der Waals surface area contributed by atoms with Crippen LogP contribution in [0.25, 0.3) is 0 Å². The van der Waals surface area contributed by atoms with Gasteiger partial charge in [-0.1, -0.05) is 48.5 Å². The fourth-order valence-electron chi connectivity index (χ4n) is 3.37. The van der Waals surface area contributed by atoms with Crippen LogP contribution >= 0.6 is 24.0 Å². The fraction of sp³-hybridized carbons (Fsp3) is 0.263. The lowest BCUT2D eigenvalue weighted by atomic mass is 10.1. The van der Waals surface area contributed by atoms with Crippen LogP contribution in [-0.4, -0.2) is 80.9 Å². The van der Waals surface area contributed by atoms with Crippen LogP contribution in [0, 0.1) is 23.3 Å². The van der Waals surface area contributed by atoms with Crippen LogP contribution in [0.4, 0.5) is 17.6 Å². The fourth-order valence-corrected chi connectivity index (χ4v) is 3.53. The van der Waals surface area contributed by atoms with Crippen molar-refractivity contribution in [1.82, 2.24) is 10.5 Å². The number of hydrogen-bond acceptors (Lipinski definition) is 9. The number of carbonyl (C=O) groups is 4. The van der Waals surface area contributed by atoms with Crippen molar-refractivity contribution in [1.29, 1.82) is 0 Å². The van der Waals surface area contributed by atoms with Gasteiger partial charge in [-0.05, 0) is 82.4 Å². The van der Waals surface area contributed by atoms with Gasteiger partial charge in [-0.25, -0.2) is 28.1 Å². The van der Waals surface area contributed by atoms with Crippen molar-refractivity contribution >= 4 is 47.1 Å². The molecule has 304 valence electrons. The quantitative estimate of drug-likeness (QED) is 0.0719. The van der Waals surface area contributed by atoms with E-state index >= 15 is 0 Å². The van der Waals surface area contributed by atoms with E-state index in [0.717, 1.165) is 28.9 Å². The van der Waals surface area contributed by atoms with Gasteiger partial charge in [-0.3, -0.25) is 24.0 Å². The zero-order valence-electron chi connectivity index (χ0n) is 31.1. The van der Waals surface area contributed by atoms with Crippen LogP contribution in [0.3, 0.4) is 0 Å². The lowest BCUT2D eigenvalue weighted by molar-refractivity contribution is -0.167. The van der Waals surface area contributed by atoms with Crippen LogP contribution in [0.5, 0.6) is 0 Å². The van der Waals surface area contributed by atoms with Gasteiger partial charge in [0.15, 0.2) is 0 Å². The first-order valence-electron chi connectivity index (χ1n) is 15.5. The summed E-state index contributed by atoms with van der Waals surface area (Å²) in [7, 11) is 8.56. The number of aliphatic hydroxyl groups is 1. The van der Waals surface area contributed by atoms with E-state index in [-0.39, 0.29) is 73.2 Å². The number of nitrogens with one attached hydrogen (secondary N) is 1. The number of aliphatic hydroxyl groups excluding tert-OH is 1. The summed E-state index contributed by atoms with van der Waals surface area (Å²) in [6, 6.07) is 22.7. The number of halogens is 6. The Morgan fingerprint density at radius 3 is 1.16 bits per heavy atom. The first-order valence-corrected chi connectivity index (χ1v) is 15.9. The van der Waals surface area contributed by atoms with Crippen molar-refractivity contribution in [2.24, 2.45) is 0 Å². The molecule has 0 radical (unpaired) electrons. The van der Waals surface area contributed by atoms with Gasteiger partial charge in [-0.2, -0.15) is 0 Å². The van der Waals surface area contributed by atoms with E-state index in [1.165, 1.54) is 94.1 Å². The number of carbonyl (C=O) groups excluding carboxylic acids is 3. The van der Waals surface area contributed by atoms with Gasteiger partial charge in [0.2, 0.25) is 11.1 Å². The molecule has 4 rings (SSSR count). The van der Waals surface area contributed by atoms with E-state index < -0.39 is 11.2 Å². The summed E-state index contributed by atoms with van der Waals surface area (Å²) in [6.45, 7) is 0. The monoisotopic (exact) mass is 820 g/mol. The molecule has 0 aliphatic carbocycles. The lowest BCUT2D eigenvalue weighted by Gasteiger charge is -2.13. The number of likely N-dealkylation sites (N-methyl/N-ethyl adjacent to an activating group) is 1. The van der Waals surface area contributed by atoms with Gasteiger partial charge in [0.25, 0.3) is 0 Å². The third kappa shape index (κ3) is 30.2. The maximum absolute atomic E-state index is 12.5. The normalized spacial score (nSPS) is 9.09. The third-order valence-corrected chi connectivity index (χ3v) is 6.25. The third-order valence-electron chi connectivity index (χ3n) is 6.11. The van der Waals surface area contributed by atoms with Crippen molar-refractivity contribution in [2.75, 3.05) is 42.5 Å². The Morgan fingerprint density at radius 1 is 0.618 bits per heavy atom. The number of esters is 1. The minimum atomic E-state index is -0.906. The Kier molecular flexibility index (Phi) is 33.3. The van der Waals surface area contributed by atoms with Crippen molar-refractivity contribution in [3.8, 4) is 0 Å². The number of nitrogens with zero attached hydrogens (tertiary/aromatic N) is 1. The summed E-state index contributed by atoms with van der Waals surface area (Å²) in [5.41, 5.74) is 5.29. The van der Waals surface area contributed by atoms with E-state index in [9.17, 15) is 36.7 Å². The van der Waals surface area contributed by atoms with E-state index in [1.807, 2.05) is 0 Å². The van der Waals surface area contributed by atoms with Crippen molar-refractivity contribution in [3.05, 3.63) is 143 Å². The molecule has 0 fully saturated rings. The molecule has 0 saturated carbocycles. The predicted molar refractivity (Wildman–Crippen MR) is 202 cm³/mol. The van der Waals surface area contributed by atoms with E-state index in [1.54, 1.807) is 38.4 Å². The molecule has 3 N–H and O–H groups in total. The second-order valence-electron chi connectivity index (χ2n) is 10.0. The number of benzene rings is 4. The lowest BCUT2D eigenvalue weighted by Crippen LogP contribution is -2.26. The molecule has 55 heavy (non-hydrogen) atoms. The largest absolute Gasteiger partial charge is 0.481 e. The van der Waals surface area contributed by atoms with E-state index in [0.29, 0.717) is 5.56 Å². The van der Waals surface area contributed by atoms with Gasteiger partial charge in [0.05, 0.1) is 40.6 Å².